The second-order valence-electron chi connectivity index (χ2n) is 4.67. The third kappa shape index (κ3) is 4.62. The minimum Gasteiger partial charge on any atom is -0.480 e. The molecule has 1 aromatic carbocycles. The Morgan fingerprint density at radius 2 is 1.79 bits per heavy atom. The molecule has 0 spiro atoms. The molecule has 0 saturated heterocycles. The fourth-order valence-electron chi connectivity index (χ4n) is 1.62. The van der Waals surface area contributed by atoms with Crippen molar-refractivity contribution in [3.05, 3.63) is 29.8 Å². The Hall–Kier alpha value is -2.04. The van der Waals surface area contributed by atoms with Crippen molar-refractivity contribution in [2.75, 3.05) is 5.32 Å². The lowest BCUT2D eigenvalue weighted by molar-refractivity contribution is -0.139. The molecule has 0 saturated carbocycles. The van der Waals surface area contributed by atoms with Crippen molar-refractivity contribution in [1.82, 2.24) is 5.32 Å². The van der Waals surface area contributed by atoms with Crippen molar-refractivity contribution in [2.45, 2.75) is 39.2 Å². The van der Waals surface area contributed by atoms with E-state index in [1.807, 2.05) is 12.1 Å². The van der Waals surface area contributed by atoms with Crippen molar-refractivity contribution in [2.24, 2.45) is 0 Å². The quantitative estimate of drug-likeness (QED) is 0.765. The first-order valence-corrected chi connectivity index (χ1v) is 6.34. The van der Waals surface area contributed by atoms with Gasteiger partial charge in [-0.15, -0.1) is 0 Å². The van der Waals surface area contributed by atoms with E-state index in [4.69, 9.17) is 5.11 Å². The molecular weight excluding hydrogens is 244 g/mol. The first kappa shape index (κ1) is 15.0. The van der Waals surface area contributed by atoms with Crippen LogP contribution in [-0.4, -0.2) is 23.1 Å². The number of urea groups is 1. The molecule has 1 rings (SSSR count). The Labute approximate surface area is 113 Å². The van der Waals surface area contributed by atoms with E-state index < -0.39 is 18.0 Å². The lowest BCUT2D eigenvalue weighted by Crippen LogP contribution is -2.42. The fourth-order valence-corrected chi connectivity index (χ4v) is 1.62. The number of nitrogens with one attached hydrogen (secondary N) is 2. The predicted molar refractivity (Wildman–Crippen MR) is 74.4 cm³/mol. The SMILES string of the molecule is CC[C@H](NC(=O)Nc1ccc(C(C)C)cc1)C(=O)O. The molecule has 1 aromatic rings. The third-order valence-electron chi connectivity index (χ3n) is 2.85. The summed E-state index contributed by atoms with van der Waals surface area (Å²) in [6.07, 6.45) is 0.342. The number of benzene rings is 1. The Balaban J connectivity index is 2.59. The van der Waals surface area contributed by atoms with Crippen LogP contribution in [0.5, 0.6) is 0 Å². The van der Waals surface area contributed by atoms with Gasteiger partial charge in [0.15, 0.2) is 0 Å². The Morgan fingerprint density at radius 1 is 1.21 bits per heavy atom. The van der Waals surface area contributed by atoms with Gasteiger partial charge in [0.25, 0.3) is 0 Å². The number of hydrogen-bond acceptors (Lipinski definition) is 2. The zero-order chi connectivity index (χ0) is 14.4. The highest BCUT2D eigenvalue weighted by molar-refractivity contribution is 5.92. The summed E-state index contributed by atoms with van der Waals surface area (Å²) in [6.45, 7) is 5.89. The molecule has 0 radical (unpaired) electrons. The normalized spacial score (nSPS) is 12.0. The molecule has 5 nitrogen and oxygen atoms in total. The highest BCUT2D eigenvalue weighted by Crippen LogP contribution is 2.16. The number of carbonyl (C=O) groups is 2. The predicted octanol–water partition coefficient (Wildman–Crippen LogP) is 2.79. The van der Waals surface area contributed by atoms with Crippen molar-refractivity contribution in [3.8, 4) is 0 Å². The van der Waals surface area contributed by atoms with E-state index >= 15 is 0 Å². The van der Waals surface area contributed by atoms with Gasteiger partial charge in [0.2, 0.25) is 0 Å². The second kappa shape index (κ2) is 6.78. The first-order valence-electron chi connectivity index (χ1n) is 6.34. The molecule has 0 bridgehead atoms. The standard InChI is InChI=1S/C14H20N2O3/c1-4-12(13(17)18)16-14(19)15-11-7-5-10(6-8-11)9(2)3/h5-9,12H,4H2,1-3H3,(H,17,18)(H2,15,16,19)/t12-/m0/s1. The number of amides is 2. The zero-order valence-electron chi connectivity index (χ0n) is 11.4. The maximum absolute atomic E-state index is 11.6. The van der Waals surface area contributed by atoms with Crippen LogP contribution in [0.4, 0.5) is 10.5 Å². The van der Waals surface area contributed by atoms with Gasteiger partial charge in [0, 0.05) is 5.69 Å². The Morgan fingerprint density at radius 3 is 2.21 bits per heavy atom. The van der Waals surface area contributed by atoms with E-state index in [-0.39, 0.29) is 0 Å². The summed E-state index contributed by atoms with van der Waals surface area (Å²) in [5.41, 5.74) is 1.82. The van der Waals surface area contributed by atoms with Crippen molar-refractivity contribution in [3.63, 3.8) is 0 Å². The number of carbonyl (C=O) groups excluding carboxylic acids is 1. The number of aliphatic carboxylic acids is 1. The number of hydrogen-bond donors (Lipinski definition) is 3. The van der Waals surface area contributed by atoms with Crippen LogP contribution in [0.15, 0.2) is 24.3 Å². The summed E-state index contributed by atoms with van der Waals surface area (Å²) in [4.78, 5) is 22.4. The lowest BCUT2D eigenvalue weighted by atomic mass is 10.0. The van der Waals surface area contributed by atoms with E-state index in [1.165, 1.54) is 5.56 Å². The molecular formula is C14H20N2O3. The molecule has 0 aromatic heterocycles. The Bertz CT molecular complexity index is 441. The highest BCUT2D eigenvalue weighted by atomic mass is 16.4. The van der Waals surface area contributed by atoms with Crippen LogP contribution in [0.25, 0.3) is 0 Å². The first-order chi connectivity index (χ1) is 8.93. The van der Waals surface area contributed by atoms with Gasteiger partial charge in [-0.2, -0.15) is 0 Å². The molecule has 2 amide bonds. The summed E-state index contributed by atoms with van der Waals surface area (Å²) in [6, 6.07) is 6.11. The van der Waals surface area contributed by atoms with E-state index in [0.29, 0.717) is 18.0 Å². The van der Waals surface area contributed by atoms with Crippen molar-refractivity contribution in [1.29, 1.82) is 0 Å². The molecule has 3 N–H and O–H groups in total. The monoisotopic (exact) mass is 264 g/mol. The molecule has 0 fully saturated rings. The van der Waals surface area contributed by atoms with E-state index in [2.05, 4.69) is 24.5 Å². The van der Waals surface area contributed by atoms with Gasteiger partial charge < -0.3 is 15.7 Å². The topological polar surface area (TPSA) is 78.4 Å². The van der Waals surface area contributed by atoms with Crippen LogP contribution in [-0.2, 0) is 4.79 Å². The highest BCUT2D eigenvalue weighted by Gasteiger charge is 2.17. The van der Waals surface area contributed by atoms with E-state index in [1.54, 1.807) is 19.1 Å². The van der Waals surface area contributed by atoms with Gasteiger partial charge in [-0.25, -0.2) is 9.59 Å². The smallest absolute Gasteiger partial charge is 0.326 e. The molecule has 0 aliphatic carbocycles. The van der Waals surface area contributed by atoms with E-state index in [0.717, 1.165) is 0 Å². The maximum atomic E-state index is 11.6. The number of anilines is 1. The van der Waals surface area contributed by atoms with Gasteiger partial charge in [-0.1, -0.05) is 32.9 Å². The molecule has 0 aliphatic rings. The third-order valence-corrected chi connectivity index (χ3v) is 2.85. The fraction of sp³-hybridized carbons (Fsp3) is 0.429. The van der Waals surface area contributed by atoms with Gasteiger partial charge in [0.05, 0.1) is 0 Å². The summed E-state index contributed by atoms with van der Waals surface area (Å²) in [5, 5.41) is 13.9. The summed E-state index contributed by atoms with van der Waals surface area (Å²) in [7, 11) is 0. The molecule has 1 atom stereocenters. The van der Waals surface area contributed by atoms with Crippen molar-refractivity contribution >= 4 is 17.7 Å². The van der Waals surface area contributed by atoms with Crippen LogP contribution in [0.3, 0.4) is 0 Å². The van der Waals surface area contributed by atoms with Gasteiger partial charge in [-0.3, -0.25) is 0 Å². The van der Waals surface area contributed by atoms with Crippen LogP contribution in [0.2, 0.25) is 0 Å². The van der Waals surface area contributed by atoms with Gasteiger partial charge in [-0.05, 0) is 30.0 Å². The average molecular weight is 264 g/mol. The van der Waals surface area contributed by atoms with Crippen molar-refractivity contribution < 1.29 is 14.7 Å². The molecule has 19 heavy (non-hydrogen) atoms. The lowest BCUT2D eigenvalue weighted by Gasteiger charge is -2.13. The number of carboxylic acid groups (broad SMARTS) is 1. The van der Waals surface area contributed by atoms with Crippen LogP contribution in [0, 0.1) is 0 Å². The summed E-state index contributed by atoms with van der Waals surface area (Å²) in [5.74, 6) is -0.604. The molecule has 0 heterocycles. The second-order valence-corrected chi connectivity index (χ2v) is 4.67. The largest absolute Gasteiger partial charge is 0.480 e. The average Bonchev–Trinajstić information content (AvgIpc) is 2.36. The molecule has 0 aliphatic heterocycles. The molecule has 5 heteroatoms. The van der Waals surface area contributed by atoms with Crippen LogP contribution in [0.1, 0.15) is 38.7 Å². The van der Waals surface area contributed by atoms with E-state index in [9.17, 15) is 9.59 Å². The van der Waals surface area contributed by atoms with Gasteiger partial charge in [0.1, 0.15) is 6.04 Å². The van der Waals surface area contributed by atoms with Gasteiger partial charge >= 0.3 is 12.0 Å². The number of rotatable bonds is 5. The number of carboxylic acids is 1. The van der Waals surface area contributed by atoms with Crippen LogP contribution >= 0.6 is 0 Å². The minimum absolute atomic E-state index is 0.342. The Kier molecular flexibility index (Phi) is 5.36. The maximum Gasteiger partial charge on any atom is 0.326 e. The molecule has 104 valence electrons. The summed E-state index contributed by atoms with van der Waals surface area (Å²) < 4.78 is 0. The molecule has 0 unspecified atom stereocenters. The summed E-state index contributed by atoms with van der Waals surface area (Å²) >= 11 is 0. The van der Waals surface area contributed by atoms with Crippen LogP contribution < -0.4 is 10.6 Å². The zero-order valence-corrected chi connectivity index (χ0v) is 11.4. The minimum atomic E-state index is -1.03.